The second kappa shape index (κ2) is 7.11. The van der Waals surface area contributed by atoms with Crippen LogP contribution < -0.4 is 9.04 Å². The van der Waals surface area contributed by atoms with Crippen LogP contribution in [0.4, 0.5) is 5.69 Å². The number of ether oxygens (including phenoxy) is 1. The van der Waals surface area contributed by atoms with Crippen molar-refractivity contribution in [1.82, 2.24) is 0 Å². The van der Waals surface area contributed by atoms with E-state index in [1.165, 1.54) is 0 Å². The topological polar surface area (TPSA) is 46.6 Å². The van der Waals surface area contributed by atoms with E-state index < -0.39 is 10.0 Å². The van der Waals surface area contributed by atoms with Crippen LogP contribution in [0.25, 0.3) is 16.5 Å². The van der Waals surface area contributed by atoms with Crippen LogP contribution in [0.15, 0.2) is 66.1 Å². The normalized spacial score (nSPS) is 15.6. The van der Waals surface area contributed by atoms with Crippen LogP contribution in [0.1, 0.15) is 29.8 Å². The molecule has 1 atom stereocenters. The van der Waals surface area contributed by atoms with E-state index in [-0.39, 0.29) is 10.9 Å². The number of methoxy groups -OCH3 is 1. The molecular formula is C22H21NO3S2. The largest absolute Gasteiger partial charge is 0.497 e. The molecule has 6 heteroatoms. The van der Waals surface area contributed by atoms with Gasteiger partial charge in [-0.15, -0.1) is 11.3 Å². The van der Waals surface area contributed by atoms with Crippen molar-refractivity contribution in [2.45, 2.75) is 24.3 Å². The van der Waals surface area contributed by atoms with Crippen molar-refractivity contribution >= 4 is 33.1 Å². The van der Waals surface area contributed by atoms with Gasteiger partial charge in [0, 0.05) is 4.88 Å². The summed E-state index contributed by atoms with van der Waals surface area (Å²) >= 11 is 1.57. The van der Waals surface area contributed by atoms with E-state index in [1.54, 1.807) is 53.1 Å². The average molecular weight is 412 g/mol. The fraction of sp³-hybridized carbons (Fsp3) is 0.182. The Hall–Kier alpha value is -2.57. The minimum Gasteiger partial charge on any atom is -0.497 e. The Labute approximate surface area is 169 Å². The summed E-state index contributed by atoms with van der Waals surface area (Å²) in [6.07, 6.45) is 2.44. The summed E-state index contributed by atoms with van der Waals surface area (Å²) in [5, 5.41) is 0. The predicted octanol–water partition coefficient (Wildman–Crippen LogP) is 5.73. The molecule has 0 saturated heterocycles. The van der Waals surface area contributed by atoms with Crippen molar-refractivity contribution in [3.63, 3.8) is 0 Å². The van der Waals surface area contributed by atoms with Crippen LogP contribution in [0.3, 0.4) is 0 Å². The van der Waals surface area contributed by atoms with Crippen molar-refractivity contribution in [2.75, 3.05) is 11.4 Å². The first-order valence-electron chi connectivity index (χ1n) is 9.05. The summed E-state index contributed by atoms with van der Waals surface area (Å²) < 4.78 is 34.1. The highest BCUT2D eigenvalue weighted by Crippen LogP contribution is 2.52. The lowest BCUT2D eigenvalue weighted by Gasteiger charge is -2.37. The number of rotatable bonds is 5. The van der Waals surface area contributed by atoms with Crippen LogP contribution in [-0.2, 0) is 10.0 Å². The maximum absolute atomic E-state index is 13.7. The van der Waals surface area contributed by atoms with Crippen LogP contribution in [-0.4, -0.2) is 15.5 Å². The third-order valence-corrected chi connectivity index (χ3v) is 8.01. The van der Waals surface area contributed by atoms with Gasteiger partial charge in [-0.1, -0.05) is 43.8 Å². The Morgan fingerprint density at radius 1 is 1.18 bits per heavy atom. The molecule has 1 aromatic heterocycles. The van der Waals surface area contributed by atoms with Crippen LogP contribution in [0, 0.1) is 0 Å². The third-order valence-electron chi connectivity index (χ3n) is 5.02. The fourth-order valence-corrected chi connectivity index (χ4v) is 6.50. The molecule has 2 heterocycles. The van der Waals surface area contributed by atoms with Gasteiger partial charge in [0.1, 0.15) is 5.75 Å². The minimum atomic E-state index is -3.75. The highest BCUT2D eigenvalue weighted by molar-refractivity contribution is 7.92. The molecule has 4 nitrogen and oxygen atoms in total. The number of benzene rings is 2. The van der Waals surface area contributed by atoms with E-state index in [0.717, 1.165) is 26.6 Å². The molecule has 0 N–H and O–H groups in total. The first-order valence-corrected chi connectivity index (χ1v) is 11.3. The van der Waals surface area contributed by atoms with Gasteiger partial charge < -0.3 is 4.74 Å². The molecule has 1 unspecified atom stereocenters. The van der Waals surface area contributed by atoms with E-state index in [9.17, 15) is 8.42 Å². The Kier molecular flexibility index (Phi) is 4.77. The van der Waals surface area contributed by atoms with Gasteiger partial charge in [-0.3, -0.25) is 4.31 Å². The zero-order valence-corrected chi connectivity index (χ0v) is 17.4. The summed E-state index contributed by atoms with van der Waals surface area (Å²) in [6.45, 7) is 5.88. The lowest BCUT2D eigenvalue weighted by Crippen LogP contribution is -2.37. The van der Waals surface area contributed by atoms with Crippen LogP contribution in [0.5, 0.6) is 5.75 Å². The number of sulfonamides is 1. The van der Waals surface area contributed by atoms with Crippen LogP contribution >= 0.6 is 11.3 Å². The molecule has 0 radical (unpaired) electrons. The first kappa shape index (κ1) is 18.8. The summed E-state index contributed by atoms with van der Waals surface area (Å²) in [5.74, 6) is 0.625. The maximum atomic E-state index is 13.7. The van der Waals surface area contributed by atoms with E-state index in [1.807, 2.05) is 31.2 Å². The molecule has 1 aliphatic heterocycles. The molecule has 0 aliphatic carbocycles. The molecule has 0 saturated carbocycles. The minimum absolute atomic E-state index is 0.253. The second-order valence-electron chi connectivity index (χ2n) is 6.55. The van der Waals surface area contributed by atoms with E-state index in [0.29, 0.717) is 12.2 Å². The maximum Gasteiger partial charge on any atom is 0.264 e. The predicted molar refractivity (Wildman–Crippen MR) is 116 cm³/mol. The van der Waals surface area contributed by atoms with Crippen molar-refractivity contribution in [2.24, 2.45) is 0 Å². The number of anilines is 1. The van der Waals surface area contributed by atoms with Crippen molar-refractivity contribution < 1.29 is 13.2 Å². The van der Waals surface area contributed by atoms with E-state index in [2.05, 4.69) is 12.6 Å². The molecule has 144 valence electrons. The Morgan fingerprint density at radius 2 is 1.89 bits per heavy atom. The Bertz CT molecular complexity index is 1130. The zero-order chi connectivity index (χ0) is 19.9. The van der Waals surface area contributed by atoms with Gasteiger partial charge >= 0.3 is 0 Å². The lowest BCUT2D eigenvalue weighted by molar-refractivity contribution is 0.414. The Morgan fingerprint density at radius 3 is 2.54 bits per heavy atom. The Balaban J connectivity index is 1.94. The molecule has 3 aromatic rings. The van der Waals surface area contributed by atoms with Gasteiger partial charge in [-0.2, -0.15) is 0 Å². The van der Waals surface area contributed by atoms with Gasteiger partial charge in [0.15, 0.2) is 0 Å². The standard InChI is InChI=1S/C22H21NO3S2/c1-4-16-14-21-22(27-16)19-9-7-6-8-18(19)20(5-2)23(21)28(24,25)17-12-10-15(26-3)11-13-17/h4,6-14,20H,1,5H2,2-3H3. The molecule has 0 spiro atoms. The summed E-state index contributed by atoms with van der Waals surface area (Å²) in [6, 6.07) is 16.3. The number of hydrogen-bond donors (Lipinski definition) is 0. The first-order chi connectivity index (χ1) is 13.5. The molecular weight excluding hydrogens is 390 g/mol. The molecule has 1 aliphatic rings. The number of fused-ring (bicyclic) bond motifs is 3. The van der Waals surface area contributed by atoms with Crippen LogP contribution in [0.2, 0.25) is 0 Å². The van der Waals surface area contributed by atoms with Gasteiger partial charge in [0.25, 0.3) is 10.0 Å². The number of nitrogens with zero attached hydrogens (tertiary/aromatic N) is 1. The van der Waals surface area contributed by atoms with E-state index in [4.69, 9.17) is 4.74 Å². The number of thiophene rings is 1. The molecule has 28 heavy (non-hydrogen) atoms. The van der Waals surface area contributed by atoms with Gasteiger partial charge in [-0.25, -0.2) is 8.42 Å². The smallest absolute Gasteiger partial charge is 0.264 e. The second-order valence-corrected chi connectivity index (χ2v) is 9.45. The lowest BCUT2D eigenvalue weighted by atomic mass is 9.93. The third kappa shape index (κ3) is 2.84. The van der Waals surface area contributed by atoms with E-state index >= 15 is 0 Å². The van der Waals surface area contributed by atoms with Crippen molar-refractivity contribution in [3.8, 4) is 16.2 Å². The highest BCUT2D eigenvalue weighted by Gasteiger charge is 2.39. The van der Waals surface area contributed by atoms with Crippen molar-refractivity contribution in [1.29, 1.82) is 0 Å². The highest BCUT2D eigenvalue weighted by atomic mass is 32.2. The summed E-state index contributed by atoms with van der Waals surface area (Å²) in [4.78, 5) is 2.17. The SMILES string of the molecule is C=Cc1cc2c(s1)-c1ccccc1C(CC)N2S(=O)(=O)c1ccc(OC)cc1. The monoisotopic (exact) mass is 411 g/mol. The summed E-state index contributed by atoms with van der Waals surface area (Å²) in [7, 11) is -2.19. The van der Waals surface area contributed by atoms with Gasteiger partial charge in [0.05, 0.1) is 28.6 Å². The quantitative estimate of drug-likeness (QED) is 0.539. The molecule has 2 aromatic carbocycles. The van der Waals surface area contributed by atoms with Crippen molar-refractivity contribution in [3.05, 3.63) is 71.6 Å². The zero-order valence-electron chi connectivity index (χ0n) is 15.8. The average Bonchev–Trinajstić information content (AvgIpc) is 3.16. The van der Waals surface area contributed by atoms with Gasteiger partial charge in [-0.05, 0) is 47.9 Å². The fourth-order valence-electron chi connectivity index (χ4n) is 3.69. The summed E-state index contributed by atoms with van der Waals surface area (Å²) in [5.41, 5.74) is 2.86. The molecule has 0 bridgehead atoms. The molecule has 4 rings (SSSR count). The molecule has 0 fully saturated rings. The van der Waals surface area contributed by atoms with Gasteiger partial charge in [0.2, 0.25) is 0 Å². The molecule has 0 amide bonds. The number of hydrogen-bond acceptors (Lipinski definition) is 4.